The normalized spacial score (nSPS) is 21.4. The molecule has 1 amide bonds. The number of alkyl halides is 2. The Labute approximate surface area is 109 Å². The van der Waals surface area contributed by atoms with Gasteiger partial charge in [-0.2, -0.15) is 0 Å². The molecule has 0 saturated carbocycles. The highest BCUT2D eigenvalue weighted by Crippen LogP contribution is 2.32. The number of amides is 1. The Hall–Kier alpha value is -1.69. The molecule has 1 saturated heterocycles. The third kappa shape index (κ3) is 3.41. The maximum atomic E-state index is 13.2. The summed E-state index contributed by atoms with van der Waals surface area (Å²) in [5.41, 5.74) is 0.780. The number of aliphatic hydroxyl groups is 1. The molecule has 1 aromatic carbocycles. The van der Waals surface area contributed by atoms with Crippen LogP contribution in [0.3, 0.4) is 0 Å². The van der Waals surface area contributed by atoms with Gasteiger partial charge in [-0.25, -0.2) is 13.6 Å². The Balaban J connectivity index is 1.93. The molecule has 1 heterocycles. The number of halogens is 2. The van der Waals surface area contributed by atoms with E-state index in [0.717, 1.165) is 10.5 Å². The fourth-order valence-corrected chi connectivity index (χ4v) is 2.08. The standard InChI is InChI=1S/C13H15F2NO3/c14-13(15)6-11(7-17)16(9-13)12(18)19-8-10-4-2-1-3-5-10/h1-5,11,17H,6-9H2/t11-/m0/s1. The second kappa shape index (κ2) is 5.52. The summed E-state index contributed by atoms with van der Waals surface area (Å²) in [5, 5.41) is 9.02. The summed E-state index contributed by atoms with van der Waals surface area (Å²) in [6, 6.07) is 8.09. The number of carbonyl (C=O) groups is 1. The molecule has 1 N–H and O–H groups in total. The van der Waals surface area contributed by atoms with E-state index in [4.69, 9.17) is 9.84 Å². The van der Waals surface area contributed by atoms with Crippen LogP contribution in [0.15, 0.2) is 30.3 Å². The highest BCUT2D eigenvalue weighted by Gasteiger charge is 2.47. The van der Waals surface area contributed by atoms with Gasteiger partial charge in [-0.3, -0.25) is 4.90 Å². The SMILES string of the molecule is O=C(OCc1ccccc1)N1CC(F)(F)C[C@H]1CO. The summed E-state index contributed by atoms with van der Waals surface area (Å²) in [5.74, 6) is -2.96. The lowest BCUT2D eigenvalue weighted by Crippen LogP contribution is -2.38. The molecule has 0 aromatic heterocycles. The van der Waals surface area contributed by atoms with Gasteiger partial charge in [0.25, 0.3) is 5.92 Å². The van der Waals surface area contributed by atoms with E-state index >= 15 is 0 Å². The number of hydrogen-bond donors (Lipinski definition) is 1. The van der Waals surface area contributed by atoms with Gasteiger partial charge in [0.05, 0.1) is 19.2 Å². The monoisotopic (exact) mass is 271 g/mol. The summed E-state index contributed by atoms with van der Waals surface area (Å²) >= 11 is 0. The topological polar surface area (TPSA) is 49.8 Å². The predicted octanol–water partition coefficient (Wildman–Crippen LogP) is 2.03. The minimum Gasteiger partial charge on any atom is -0.445 e. The van der Waals surface area contributed by atoms with Crippen LogP contribution < -0.4 is 0 Å². The highest BCUT2D eigenvalue weighted by molar-refractivity contribution is 5.68. The Kier molecular flexibility index (Phi) is 3.99. The van der Waals surface area contributed by atoms with Crippen LogP contribution in [-0.4, -0.2) is 41.2 Å². The van der Waals surface area contributed by atoms with Crippen LogP contribution in [0.25, 0.3) is 0 Å². The third-order valence-corrected chi connectivity index (χ3v) is 3.03. The molecule has 4 nitrogen and oxygen atoms in total. The highest BCUT2D eigenvalue weighted by atomic mass is 19.3. The van der Waals surface area contributed by atoms with Gasteiger partial charge in [0.2, 0.25) is 0 Å². The Morgan fingerprint density at radius 1 is 1.42 bits per heavy atom. The maximum absolute atomic E-state index is 13.2. The molecule has 0 radical (unpaired) electrons. The second-order valence-electron chi connectivity index (χ2n) is 4.56. The maximum Gasteiger partial charge on any atom is 0.410 e. The minimum absolute atomic E-state index is 0.0277. The number of nitrogens with zero attached hydrogens (tertiary/aromatic N) is 1. The zero-order chi connectivity index (χ0) is 13.9. The van der Waals surface area contributed by atoms with E-state index in [-0.39, 0.29) is 6.61 Å². The van der Waals surface area contributed by atoms with Gasteiger partial charge in [0, 0.05) is 6.42 Å². The van der Waals surface area contributed by atoms with Crippen LogP contribution in [0.2, 0.25) is 0 Å². The lowest BCUT2D eigenvalue weighted by Gasteiger charge is -2.21. The van der Waals surface area contributed by atoms with E-state index in [1.807, 2.05) is 6.07 Å². The lowest BCUT2D eigenvalue weighted by atomic mass is 10.2. The van der Waals surface area contributed by atoms with Crippen molar-refractivity contribution in [1.82, 2.24) is 4.90 Å². The second-order valence-corrected chi connectivity index (χ2v) is 4.56. The zero-order valence-corrected chi connectivity index (χ0v) is 10.3. The molecule has 104 valence electrons. The van der Waals surface area contributed by atoms with E-state index in [9.17, 15) is 13.6 Å². The quantitative estimate of drug-likeness (QED) is 0.915. The fourth-order valence-electron chi connectivity index (χ4n) is 2.08. The lowest BCUT2D eigenvalue weighted by molar-refractivity contribution is 0.0100. The first kappa shape index (κ1) is 13.7. The number of likely N-dealkylation sites (tertiary alicyclic amines) is 1. The molecule has 6 heteroatoms. The predicted molar refractivity (Wildman–Crippen MR) is 63.8 cm³/mol. The molecule has 1 aliphatic rings. The van der Waals surface area contributed by atoms with Gasteiger partial charge < -0.3 is 9.84 Å². The number of rotatable bonds is 3. The summed E-state index contributed by atoms with van der Waals surface area (Å²) in [6.45, 7) is -1.16. The molecule has 0 aliphatic carbocycles. The summed E-state index contributed by atoms with van der Waals surface area (Å²) in [6.07, 6.45) is -1.34. The van der Waals surface area contributed by atoms with Crippen LogP contribution in [0.5, 0.6) is 0 Å². The van der Waals surface area contributed by atoms with Crippen molar-refractivity contribution in [3.63, 3.8) is 0 Å². The third-order valence-electron chi connectivity index (χ3n) is 3.03. The molecular weight excluding hydrogens is 256 g/mol. The van der Waals surface area contributed by atoms with E-state index in [0.29, 0.717) is 0 Å². The van der Waals surface area contributed by atoms with Crippen molar-refractivity contribution < 1.29 is 23.4 Å². The minimum atomic E-state index is -2.96. The van der Waals surface area contributed by atoms with Gasteiger partial charge in [-0.05, 0) is 5.56 Å². The number of hydrogen-bond acceptors (Lipinski definition) is 3. The van der Waals surface area contributed by atoms with Crippen LogP contribution in [0.1, 0.15) is 12.0 Å². The average molecular weight is 271 g/mol. The molecule has 19 heavy (non-hydrogen) atoms. The average Bonchev–Trinajstić information content (AvgIpc) is 2.72. The smallest absolute Gasteiger partial charge is 0.410 e. The number of benzene rings is 1. The summed E-state index contributed by atoms with van der Waals surface area (Å²) in [7, 11) is 0. The van der Waals surface area contributed by atoms with E-state index < -0.39 is 37.6 Å². The summed E-state index contributed by atoms with van der Waals surface area (Å²) in [4.78, 5) is 12.6. The molecule has 1 aliphatic heterocycles. The van der Waals surface area contributed by atoms with Crippen LogP contribution >= 0.6 is 0 Å². The van der Waals surface area contributed by atoms with Gasteiger partial charge in [-0.1, -0.05) is 30.3 Å². The van der Waals surface area contributed by atoms with Crippen LogP contribution in [0, 0.1) is 0 Å². The Morgan fingerprint density at radius 2 is 2.11 bits per heavy atom. The van der Waals surface area contributed by atoms with Crippen LogP contribution in [-0.2, 0) is 11.3 Å². The molecular formula is C13H15F2NO3. The van der Waals surface area contributed by atoms with Crippen LogP contribution in [0.4, 0.5) is 13.6 Å². The summed E-state index contributed by atoms with van der Waals surface area (Å²) < 4.78 is 31.4. The molecule has 0 spiro atoms. The van der Waals surface area contributed by atoms with Crippen molar-refractivity contribution in [2.45, 2.75) is 25.0 Å². The number of aliphatic hydroxyl groups excluding tert-OH is 1. The zero-order valence-electron chi connectivity index (χ0n) is 10.3. The Bertz CT molecular complexity index is 439. The Morgan fingerprint density at radius 3 is 2.74 bits per heavy atom. The van der Waals surface area contributed by atoms with Gasteiger partial charge in [0.15, 0.2) is 0 Å². The molecule has 1 aromatic rings. The molecule has 0 unspecified atom stereocenters. The van der Waals surface area contributed by atoms with Crippen molar-refractivity contribution >= 4 is 6.09 Å². The fraction of sp³-hybridized carbons (Fsp3) is 0.462. The largest absolute Gasteiger partial charge is 0.445 e. The van der Waals surface area contributed by atoms with E-state index in [1.54, 1.807) is 24.3 Å². The number of carbonyl (C=O) groups excluding carboxylic acids is 1. The first-order valence-corrected chi connectivity index (χ1v) is 5.98. The molecule has 0 bridgehead atoms. The van der Waals surface area contributed by atoms with Crippen molar-refractivity contribution in [3.05, 3.63) is 35.9 Å². The first-order chi connectivity index (χ1) is 9.02. The first-order valence-electron chi connectivity index (χ1n) is 5.98. The van der Waals surface area contributed by atoms with Gasteiger partial charge in [0.1, 0.15) is 6.61 Å². The molecule has 1 fully saturated rings. The molecule has 2 rings (SSSR count). The van der Waals surface area contributed by atoms with E-state index in [1.165, 1.54) is 0 Å². The van der Waals surface area contributed by atoms with Crippen molar-refractivity contribution in [2.24, 2.45) is 0 Å². The van der Waals surface area contributed by atoms with Crippen molar-refractivity contribution in [2.75, 3.05) is 13.2 Å². The van der Waals surface area contributed by atoms with E-state index in [2.05, 4.69) is 0 Å². The number of ether oxygens (including phenoxy) is 1. The molecule has 1 atom stereocenters. The van der Waals surface area contributed by atoms with Crippen molar-refractivity contribution in [1.29, 1.82) is 0 Å². The van der Waals surface area contributed by atoms with Gasteiger partial charge >= 0.3 is 6.09 Å². The van der Waals surface area contributed by atoms with Gasteiger partial charge in [-0.15, -0.1) is 0 Å². The van der Waals surface area contributed by atoms with Crippen molar-refractivity contribution in [3.8, 4) is 0 Å².